The van der Waals surface area contributed by atoms with Crippen LogP contribution in [-0.2, 0) is 4.74 Å². The molecule has 0 aliphatic carbocycles. The van der Waals surface area contributed by atoms with Crippen molar-refractivity contribution >= 4 is 11.6 Å². The van der Waals surface area contributed by atoms with Gasteiger partial charge < -0.3 is 10.1 Å². The molecule has 1 aromatic rings. The molecule has 0 atom stereocenters. The highest BCUT2D eigenvalue weighted by Gasteiger charge is 2.17. The number of hydrogen-bond acceptors (Lipinski definition) is 4. The highest BCUT2D eigenvalue weighted by Crippen LogP contribution is 2.20. The van der Waals surface area contributed by atoms with Gasteiger partial charge >= 0.3 is 0 Å². The number of nitro groups is 1. The number of rotatable bonds is 9. The van der Waals surface area contributed by atoms with Crippen molar-refractivity contribution in [3.05, 3.63) is 39.4 Å². The minimum absolute atomic E-state index is 0.0365. The number of nitro benzene ring substituents is 1. The Morgan fingerprint density at radius 1 is 1.33 bits per heavy atom. The molecule has 6 nitrogen and oxygen atoms in total. The van der Waals surface area contributed by atoms with Crippen molar-refractivity contribution in [2.45, 2.75) is 33.1 Å². The standard InChI is InChI=1S/C15H22N2O4/c1-3-4-10-21-11-6-9-16-15(18)13-7-5-8-14(12(13)2)17(19)20/h5,7-8H,3-4,6,9-11H2,1-2H3,(H,16,18). The Labute approximate surface area is 124 Å². The lowest BCUT2D eigenvalue weighted by Gasteiger charge is -2.08. The van der Waals surface area contributed by atoms with Gasteiger partial charge in [0.2, 0.25) is 0 Å². The average Bonchev–Trinajstić information content (AvgIpc) is 2.46. The van der Waals surface area contributed by atoms with Crippen LogP contribution in [0.3, 0.4) is 0 Å². The highest BCUT2D eigenvalue weighted by atomic mass is 16.6. The Bertz CT molecular complexity index is 489. The molecule has 0 aliphatic heterocycles. The molecule has 1 rings (SSSR count). The molecule has 21 heavy (non-hydrogen) atoms. The molecule has 0 saturated heterocycles. The van der Waals surface area contributed by atoms with Gasteiger partial charge in [0.25, 0.3) is 11.6 Å². The third kappa shape index (κ3) is 5.51. The van der Waals surface area contributed by atoms with E-state index in [0.717, 1.165) is 25.9 Å². The molecule has 0 fully saturated rings. The summed E-state index contributed by atoms with van der Waals surface area (Å²) in [5.74, 6) is -0.287. The van der Waals surface area contributed by atoms with Gasteiger partial charge in [-0.15, -0.1) is 0 Å². The van der Waals surface area contributed by atoms with E-state index in [1.165, 1.54) is 12.1 Å². The molecule has 1 N–H and O–H groups in total. The van der Waals surface area contributed by atoms with Crippen molar-refractivity contribution in [1.29, 1.82) is 0 Å². The first-order chi connectivity index (χ1) is 10.1. The lowest BCUT2D eigenvalue weighted by Crippen LogP contribution is -2.26. The Balaban J connectivity index is 2.42. The fourth-order valence-electron chi connectivity index (χ4n) is 1.89. The third-order valence-electron chi connectivity index (χ3n) is 3.14. The van der Waals surface area contributed by atoms with E-state index in [2.05, 4.69) is 12.2 Å². The zero-order chi connectivity index (χ0) is 15.7. The largest absolute Gasteiger partial charge is 0.381 e. The normalized spacial score (nSPS) is 10.4. The summed E-state index contributed by atoms with van der Waals surface area (Å²) in [7, 11) is 0. The zero-order valence-corrected chi connectivity index (χ0v) is 12.6. The number of ether oxygens (including phenoxy) is 1. The smallest absolute Gasteiger partial charge is 0.273 e. The Kier molecular flexibility index (Phi) is 7.39. The number of nitrogens with one attached hydrogen (secondary N) is 1. The van der Waals surface area contributed by atoms with Crippen molar-refractivity contribution in [2.24, 2.45) is 0 Å². The molecule has 116 valence electrons. The van der Waals surface area contributed by atoms with Gasteiger partial charge in [-0.2, -0.15) is 0 Å². The molecular formula is C15H22N2O4. The maximum atomic E-state index is 12.0. The van der Waals surface area contributed by atoms with Crippen LogP contribution < -0.4 is 5.32 Å². The van der Waals surface area contributed by atoms with Crippen molar-refractivity contribution in [1.82, 2.24) is 5.32 Å². The van der Waals surface area contributed by atoms with Crippen LogP contribution in [0.5, 0.6) is 0 Å². The predicted octanol–water partition coefficient (Wildman–Crippen LogP) is 2.84. The topological polar surface area (TPSA) is 81.5 Å². The predicted molar refractivity (Wildman–Crippen MR) is 80.5 cm³/mol. The van der Waals surface area contributed by atoms with Crippen LogP contribution in [-0.4, -0.2) is 30.6 Å². The van der Waals surface area contributed by atoms with Crippen LogP contribution in [0.15, 0.2) is 18.2 Å². The van der Waals surface area contributed by atoms with Gasteiger partial charge in [0.05, 0.1) is 4.92 Å². The van der Waals surface area contributed by atoms with Crippen LogP contribution in [0.2, 0.25) is 0 Å². The number of unbranched alkanes of at least 4 members (excludes halogenated alkanes) is 1. The monoisotopic (exact) mass is 294 g/mol. The van der Waals surface area contributed by atoms with E-state index in [1.54, 1.807) is 13.0 Å². The molecule has 0 heterocycles. The summed E-state index contributed by atoms with van der Waals surface area (Å²) in [6, 6.07) is 4.51. The number of nitrogens with zero attached hydrogens (tertiary/aromatic N) is 1. The van der Waals surface area contributed by atoms with E-state index in [-0.39, 0.29) is 11.6 Å². The SMILES string of the molecule is CCCCOCCCNC(=O)c1cccc([N+](=O)[O-])c1C. The lowest BCUT2D eigenvalue weighted by atomic mass is 10.1. The van der Waals surface area contributed by atoms with E-state index >= 15 is 0 Å². The molecule has 0 saturated carbocycles. The number of hydrogen-bond donors (Lipinski definition) is 1. The Hall–Kier alpha value is -1.95. The second kappa shape index (κ2) is 9.07. The van der Waals surface area contributed by atoms with E-state index < -0.39 is 4.92 Å². The second-order valence-electron chi connectivity index (χ2n) is 4.78. The quantitative estimate of drug-likeness (QED) is 0.431. The second-order valence-corrected chi connectivity index (χ2v) is 4.78. The maximum Gasteiger partial charge on any atom is 0.273 e. The van der Waals surface area contributed by atoms with Crippen molar-refractivity contribution in [3.63, 3.8) is 0 Å². The van der Waals surface area contributed by atoms with Gasteiger partial charge in [-0.3, -0.25) is 14.9 Å². The summed E-state index contributed by atoms with van der Waals surface area (Å²) >= 11 is 0. The highest BCUT2D eigenvalue weighted by molar-refractivity contribution is 5.96. The van der Waals surface area contributed by atoms with E-state index in [9.17, 15) is 14.9 Å². The summed E-state index contributed by atoms with van der Waals surface area (Å²) < 4.78 is 5.40. The third-order valence-corrected chi connectivity index (χ3v) is 3.14. The molecule has 0 aliphatic rings. The number of amides is 1. The first-order valence-corrected chi connectivity index (χ1v) is 7.17. The van der Waals surface area contributed by atoms with E-state index in [1.807, 2.05) is 0 Å². The Morgan fingerprint density at radius 2 is 2.05 bits per heavy atom. The van der Waals surface area contributed by atoms with Crippen molar-refractivity contribution in [3.8, 4) is 0 Å². The molecule has 0 aromatic heterocycles. The van der Waals surface area contributed by atoms with Gasteiger partial charge in [-0.1, -0.05) is 19.4 Å². The number of carbonyl (C=O) groups is 1. The van der Waals surface area contributed by atoms with Crippen molar-refractivity contribution in [2.75, 3.05) is 19.8 Å². The minimum Gasteiger partial charge on any atom is -0.381 e. The molecule has 0 bridgehead atoms. The summed E-state index contributed by atoms with van der Waals surface area (Å²) in [5.41, 5.74) is 0.695. The van der Waals surface area contributed by atoms with Gasteiger partial charge in [-0.05, 0) is 25.8 Å². The Morgan fingerprint density at radius 3 is 2.71 bits per heavy atom. The molecule has 1 amide bonds. The van der Waals surface area contributed by atoms with Gasteiger partial charge in [0.15, 0.2) is 0 Å². The first-order valence-electron chi connectivity index (χ1n) is 7.17. The summed E-state index contributed by atoms with van der Waals surface area (Å²) in [5, 5.41) is 13.6. The summed E-state index contributed by atoms with van der Waals surface area (Å²) in [4.78, 5) is 22.4. The van der Waals surface area contributed by atoms with Gasteiger partial charge in [0, 0.05) is 37.0 Å². The first kappa shape index (κ1) is 17.1. The van der Waals surface area contributed by atoms with E-state index in [4.69, 9.17) is 4.74 Å². The van der Waals surface area contributed by atoms with Gasteiger partial charge in [0.1, 0.15) is 0 Å². The molecule has 1 aromatic carbocycles. The molecule has 0 unspecified atom stereocenters. The number of carbonyl (C=O) groups excluding carboxylic acids is 1. The minimum atomic E-state index is -0.478. The fourth-order valence-corrected chi connectivity index (χ4v) is 1.89. The van der Waals surface area contributed by atoms with Gasteiger partial charge in [-0.25, -0.2) is 0 Å². The maximum absolute atomic E-state index is 12.0. The molecule has 0 spiro atoms. The van der Waals surface area contributed by atoms with E-state index in [0.29, 0.717) is 24.3 Å². The zero-order valence-electron chi connectivity index (χ0n) is 12.6. The number of benzene rings is 1. The summed E-state index contributed by atoms with van der Waals surface area (Å²) in [6.07, 6.45) is 2.87. The van der Waals surface area contributed by atoms with Crippen LogP contribution >= 0.6 is 0 Å². The summed E-state index contributed by atoms with van der Waals surface area (Å²) in [6.45, 7) is 5.53. The van der Waals surface area contributed by atoms with Crippen LogP contribution in [0.4, 0.5) is 5.69 Å². The van der Waals surface area contributed by atoms with Crippen LogP contribution in [0, 0.1) is 17.0 Å². The van der Waals surface area contributed by atoms with Crippen molar-refractivity contribution < 1.29 is 14.5 Å². The fraction of sp³-hybridized carbons (Fsp3) is 0.533. The molecular weight excluding hydrogens is 272 g/mol. The molecule has 6 heteroatoms. The lowest BCUT2D eigenvalue weighted by molar-refractivity contribution is -0.385. The average molecular weight is 294 g/mol. The van der Waals surface area contributed by atoms with Crippen LogP contribution in [0.1, 0.15) is 42.1 Å². The molecule has 0 radical (unpaired) electrons. The van der Waals surface area contributed by atoms with Crippen LogP contribution in [0.25, 0.3) is 0 Å².